The Morgan fingerprint density at radius 1 is 1.24 bits per heavy atom. The van der Waals surface area contributed by atoms with Gasteiger partial charge in [-0.25, -0.2) is 4.79 Å². The molecule has 0 fully saturated rings. The molecule has 0 radical (unpaired) electrons. The zero-order valence-electron chi connectivity index (χ0n) is 9.74. The third-order valence-electron chi connectivity index (χ3n) is 1.93. The van der Waals surface area contributed by atoms with Gasteiger partial charge in [0.05, 0.1) is 19.8 Å². The molecule has 0 amide bonds. The highest BCUT2D eigenvalue weighted by atomic mass is 16.4. The first-order chi connectivity index (χ1) is 7.93. The predicted octanol–water partition coefficient (Wildman–Crippen LogP) is -0.682. The van der Waals surface area contributed by atoms with Crippen molar-refractivity contribution >= 4 is 12.4 Å². The maximum atomic E-state index is 9.25. The van der Waals surface area contributed by atoms with E-state index < -0.39 is 11.4 Å². The van der Waals surface area contributed by atoms with E-state index in [0.29, 0.717) is 6.42 Å². The Morgan fingerprint density at radius 3 is 1.47 bits per heavy atom. The van der Waals surface area contributed by atoms with Crippen molar-refractivity contribution in [2.24, 2.45) is 5.41 Å². The number of aliphatic carboxylic acids is 1. The number of aliphatic hydroxyl groups is 3. The summed E-state index contributed by atoms with van der Waals surface area (Å²) in [7, 11) is 0. The molecule has 0 aromatic rings. The number of aliphatic hydroxyl groups excluding tert-OH is 3. The van der Waals surface area contributed by atoms with E-state index >= 15 is 0 Å². The summed E-state index contributed by atoms with van der Waals surface area (Å²) in [6.07, 6.45) is 1.43. The molecular weight excluding hydrogens is 232 g/mol. The van der Waals surface area contributed by atoms with Crippen LogP contribution < -0.4 is 0 Å². The van der Waals surface area contributed by atoms with E-state index in [2.05, 4.69) is 6.58 Å². The molecular formula is C10H20O7. The van der Waals surface area contributed by atoms with Gasteiger partial charge in [-0.3, -0.25) is 4.79 Å². The first-order valence-electron chi connectivity index (χ1n) is 4.69. The van der Waals surface area contributed by atoms with E-state index in [1.54, 1.807) is 0 Å². The van der Waals surface area contributed by atoms with Gasteiger partial charge in [-0.2, -0.15) is 0 Å². The van der Waals surface area contributed by atoms with E-state index in [1.807, 2.05) is 6.92 Å². The maximum absolute atomic E-state index is 9.25. The second-order valence-corrected chi connectivity index (χ2v) is 2.98. The van der Waals surface area contributed by atoms with Gasteiger partial charge in [0.1, 0.15) is 0 Å². The van der Waals surface area contributed by atoms with Crippen LogP contribution in [0.5, 0.6) is 0 Å². The summed E-state index contributed by atoms with van der Waals surface area (Å²) in [6, 6.07) is 0. The molecule has 0 aliphatic heterocycles. The van der Waals surface area contributed by atoms with Gasteiger partial charge in [0.25, 0.3) is 6.47 Å². The molecule has 0 heterocycles. The minimum Gasteiger partial charge on any atom is -0.483 e. The lowest BCUT2D eigenvalue weighted by molar-refractivity contribution is -0.131. The number of carbonyl (C=O) groups is 2. The van der Waals surface area contributed by atoms with Crippen LogP contribution in [-0.2, 0) is 9.59 Å². The van der Waals surface area contributed by atoms with Crippen LogP contribution in [0.3, 0.4) is 0 Å². The van der Waals surface area contributed by atoms with Gasteiger partial charge in [0.15, 0.2) is 0 Å². The Kier molecular flexibility index (Phi) is 17.9. The zero-order valence-corrected chi connectivity index (χ0v) is 9.74. The summed E-state index contributed by atoms with van der Waals surface area (Å²) in [6.45, 7) is 4.06. The predicted molar refractivity (Wildman–Crippen MR) is 60.5 cm³/mol. The highest BCUT2D eigenvalue weighted by molar-refractivity contribution is 5.78. The Labute approximate surface area is 99.6 Å². The molecule has 0 aliphatic carbocycles. The van der Waals surface area contributed by atoms with Crippen molar-refractivity contribution in [2.75, 3.05) is 19.8 Å². The smallest absolute Gasteiger partial charge is 0.327 e. The molecule has 7 nitrogen and oxygen atoms in total. The first kappa shape index (κ1) is 20.9. The van der Waals surface area contributed by atoms with Gasteiger partial charge in [0.2, 0.25) is 0 Å². The molecule has 0 rings (SSSR count). The summed E-state index contributed by atoms with van der Waals surface area (Å²) in [5.74, 6) is -0.981. The Bertz CT molecular complexity index is 181. The number of carboxylic acids is 1. The number of rotatable bonds is 5. The largest absolute Gasteiger partial charge is 0.483 e. The number of hydrogen-bond acceptors (Lipinski definition) is 5. The first-order valence-corrected chi connectivity index (χ1v) is 4.69. The molecule has 0 saturated carbocycles. The van der Waals surface area contributed by atoms with Crippen molar-refractivity contribution in [3.05, 3.63) is 12.7 Å². The second kappa shape index (κ2) is 14.6. The molecule has 17 heavy (non-hydrogen) atoms. The van der Waals surface area contributed by atoms with Crippen LogP contribution in [0.15, 0.2) is 12.7 Å². The summed E-state index contributed by atoms with van der Waals surface area (Å²) >= 11 is 0. The van der Waals surface area contributed by atoms with Crippen molar-refractivity contribution in [3.63, 3.8) is 0 Å². The maximum Gasteiger partial charge on any atom is 0.327 e. The topological polar surface area (TPSA) is 135 Å². The molecule has 0 aromatic heterocycles. The molecule has 0 unspecified atom stereocenters. The molecule has 0 saturated heterocycles. The van der Waals surface area contributed by atoms with E-state index in [-0.39, 0.29) is 26.3 Å². The fraction of sp³-hybridized carbons (Fsp3) is 0.600. The molecule has 102 valence electrons. The average Bonchev–Trinajstić information content (AvgIpc) is 2.34. The van der Waals surface area contributed by atoms with Crippen LogP contribution >= 0.6 is 0 Å². The zero-order chi connectivity index (χ0) is 14.3. The van der Waals surface area contributed by atoms with Gasteiger partial charge in [0, 0.05) is 11.5 Å². The highest BCUT2D eigenvalue weighted by Gasteiger charge is 2.24. The lowest BCUT2D eigenvalue weighted by Crippen LogP contribution is -2.32. The second-order valence-electron chi connectivity index (χ2n) is 2.98. The normalized spacial score (nSPS) is 8.94. The molecule has 5 N–H and O–H groups in total. The van der Waals surface area contributed by atoms with E-state index in [1.165, 1.54) is 0 Å². The minimum absolute atomic E-state index is 0.156. The molecule has 0 spiro atoms. The molecule has 0 aromatic carbocycles. The standard InChI is InChI=1S/C6H14O3.C3H4O2.CH2O2/c1-2-6(3-7,4-8)5-9;1-2-3(4)5;2-1-3/h7-9H,2-5H2,1H3;2H,1H2,(H,4,5);1H,(H,2,3). The summed E-state index contributed by atoms with van der Waals surface area (Å²) < 4.78 is 0. The van der Waals surface area contributed by atoms with Crippen molar-refractivity contribution in [1.82, 2.24) is 0 Å². The Balaban J connectivity index is -0.000000207. The summed E-state index contributed by atoms with van der Waals surface area (Å²) in [5.41, 5.74) is -0.667. The summed E-state index contributed by atoms with van der Waals surface area (Å²) in [5, 5.41) is 40.5. The summed E-state index contributed by atoms with van der Waals surface area (Å²) in [4.78, 5) is 17.6. The minimum atomic E-state index is -0.981. The molecule has 0 bridgehead atoms. The van der Waals surface area contributed by atoms with Gasteiger partial charge in [-0.1, -0.05) is 13.5 Å². The third kappa shape index (κ3) is 14.6. The quantitative estimate of drug-likeness (QED) is 0.323. The van der Waals surface area contributed by atoms with Crippen LogP contribution in [0.4, 0.5) is 0 Å². The third-order valence-corrected chi connectivity index (χ3v) is 1.93. The Hall–Kier alpha value is -1.44. The van der Waals surface area contributed by atoms with Gasteiger partial charge in [-0.15, -0.1) is 0 Å². The van der Waals surface area contributed by atoms with E-state index in [9.17, 15) is 4.79 Å². The van der Waals surface area contributed by atoms with Crippen molar-refractivity contribution in [3.8, 4) is 0 Å². The van der Waals surface area contributed by atoms with Crippen LogP contribution in [0.1, 0.15) is 13.3 Å². The highest BCUT2D eigenvalue weighted by Crippen LogP contribution is 2.18. The number of hydrogen-bond donors (Lipinski definition) is 5. The van der Waals surface area contributed by atoms with Crippen LogP contribution in [0.2, 0.25) is 0 Å². The van der Waals surface area contributed by atoms with Gasteiger partial charge in [-0.05, 0) is 6.42 Å². The molecule has 0 atom stereocenters. The van der Waals surface area contributed by atoms with Crippen molar-refractivity contribution in [1.29, 1.82) is 0 Å². The number of carboxylic acid groups (broad SMARTS) is 2. The van der Waals surface area contributed by atoms with Gasteiger partial charge >= 0.3 is 5.97 Å². The fourth-order valence-electron chi connectivity index (χ4n) is 0.485. The monoisotopic (exact) mass is 252 g/mol. The van der Waals surface area contributed by atoms with Crippen molar-refractivity contribution < 1.29 is 35.1 Å². The van der Waals surface area contributed by atoms with Crippen molar-refractivity contribution in [2.45, 2.75) is 13.3 Å². The lowest BCUT2D eigenvalue weighted by Gasteiger charge is -2.24. The van der Waals surface area contributed by atoms with E-state index in [0.717, 1.165) is 6.08 Å². The van der Waals surface area contributed by atoms with Crippen LogP contribution in [-0.4, -0.2) is 57.8 Å². The van der Waals surface area contributed by atoms with Crippen LogP contribution in [0.25, 0.3) is 0 Å². The van der Waals surface area contributed by atoms with Crippen LogP contribution in [0, 0.1) is 5.41 Å². The fourth-order valence-corrected chi connectivity index (χ4v) is 0.485. The molecule has 7 heteroatoms. The SMILES string of the molecule is C=CC(=O)O.CCC(CO)(CO)CO.O=CO. The van der Waals surface area contributed by atoms with Gasteiger partial charge < -0.3 is 25.5 Å². The molecule has 0 aliphatic rings. The average molecular weight is 252 g/mol. The lowest BCUT2D eigenvalue weighted by atomic mass is 9.88. The van der Waals surface area contributed by atoms with E-state index in [4.69, 9.17) is 30.3 Å². The Morgan fingerprint density at radius 2 is 1.47 bits per heavy atom.